The van der Waals surface area contributed by atoms with E-state index in [1.807, 2.05) is 0 Å². The molecular weight excluding hydrogens is 369 g/mol. The summed E-state index contributed by atoms with van der Waals surface area (Å²) in [5, 5.41) is 2.54. The summed E-state index contributed by atoms with van der Waals surface area (Å²) in [4.78, 5) is 35.9. The molecule has 0 saturated carbocycles. The lowest BCUT2D eigenvalue weighted by molar-refractivity contribution is -0.122. The van der Waals surface area contributed by atoms with E-state index < -0.39 is 29.8 Å². The Labute approximate surface area is 161 Å². The number of halogens is 1. The standard InChI is InChI=1S/C20H20FNO6/c1-11-5-6-15(10-17(11)21)22-18(23)12(2)28-16-8-13(19(24)26-3)7-14(9-16)20(25)27-4/h5-10,12H,1-4H3,(H,22,23)/t12-/m0/s1. The van der Waals surface area contributed by atoms with E-state index in [2.05, 4.69) is 14.8 Å². The van der Waals surface area contributed by atoms with Crippen LogP contribution in [0.25, 0.3) is 0 Å². The number of ether oxygens (including phenoxy) is 3. The number of aryl methyl sites for hydroxylation is 1. The maximum Gasteiger partial charge on any atom is 0.338 e. The summed E-state index contributed by atoms with van der Waals surface area (Å²) < 4.78 is 28.5. The number of nitrogens with one attached hydrogen (secondary N) is 1. The first-order valence-corrected chi connectivity index (χ1v) is 8.30. The molecule has 8 heteroatoms. The van der Waals surface area contributed by atoms with Crippen molar-refractivity contribution in [2.75, 3.05) is 19.5 Å². The Morgan fingerprint density at radius 3 is 2.04 bits per heavy atom. The van der Waals surface area contributed by atoms with Gasteiger partial charge in [0, 0.05) is 5.69 Å². The third kappa shape index (κ3) is 5.06. The van der Waals surface area contributed by atoms with Gasteiger partial charge in [0.25, 0.3) is 5.91 Å². The van der Waals surface area contributed by atoms with Gasteiger partial charge in [-0.2, -0.15) is 0 Å². The molecule has 0 spiro atoms. The lowest BCUT2D eigenvalue weighted by Gasteiger charge is -2.16. The fourth-order valence-corrected chi connectivity index (χ4v) is 2.31. The van der Waals surface area contributed by atoms with Crippen molar-refractivity contribution in [3.8, 4) is 5.75 Å². The third-order valence-electron chi connectivity index (χ3n) is 3.87. The number of methoxy groups -OCH3 is 2. The van der Waals surface area contributed by atoms with Crippen LogP contribution in [0, 0.1) is 12.7 Å². The number of carbonyl (C=O) groups is 3. The summed E-state index contributed by atoms with van der Waals surface area (Å²) in [5.41, 5.74) is 0.863. The first kappa shape index (κ1) is 20.9. The van der Waals surface area contributed by atoms with E-state index in [-0.39, 0.29) is 22.6 Å². The molecular formula is C20H20FNO6. The predicted octanol–water partition coefficient (Wildman–Crippen LogP) is 3.11. The van der Waals surface area contributed by atoms with Crippen molar-refractivity contribution in [1.29, 1.82) is 0 Å². The van der Waals surface area contributed by atoms with Crippen LogP contribution in [0.2, 0.25) is 0 Å². The summed E-state index contributed by atoms with van der Waals surface area (Å²) in [6.45, 7) is 3.09. The van der Waals surface area contributed by atoms with Crippen molar-refractivity contribution in [3.05, 3.63) is 58.9 Å². The van der Waals surface area contributed by atoms with Crippen LogP contribution < -0.4 is 10.1 Å². The van der Waals surface area contributed by atoms with Crippen molar-refractivity contribution < 1.29 is 33.0 Å². The second kappa shape index (κ2) is 8.98. The summed E-state index contributed by atoms with van der Waals surface area (Å²) in [6.07, 6.45) is -0.997. The number of anilines is 1. The molecule has 1 atom stereocenters. The lowest BCUT2D eigenvalue weighted by Crippen LogP contribution is -2.30. The average Bonchev–Trinajstić information content (AvgIpc) is 2.69. The molecule has 0 aliphatic rings. The van der Waals surface area contributed by atoms with E-state index in [0.29, 0.717) is 5.56 Å². The molecule has 0 heterocycles. The van der Waals surface area contributed by atoms with E-state index in [1.54, 1.807) is 19.1 Å². The minimum atomic E-state index is -0.997. The van der Waals surface area contributed by atoms with Crippen LogP contribution >= 0.6 is 0 Å². The third-order valence-corrected chi connectivity index (χ3v) is 3.87. The summed E-state index contributed by atoms with van der Waals surface area (Å²) >= 11 is 0. The highest BCUT2D eigenvalue weighted by atomic mass is 19.1. The monoisotopic (exact) mass is 389 g/mol. The maximum atomic E-state index is 13.6. The molecule has 2 rings (SSSR count). The first-order valence-electron chi connectivity index (χ1n) is 8.30. The van der Waals surface area contributed by atoms with E-state index >= 15 is 0 Å². The lowest BCUT2D eigenvalue weighted by atomic mass is 10.1. The molecule has 2 aromatic rings. The smallest absolute Gasteiger partial charge is 0.338 e. The Morgan fingerprint density at radius 2 is 1.54 bits per heavy atom. The Kier molecular flexibility index (Phi) is 6.70. The van der Waals surface area contributed by atoms with E-state index in [0.717, 1.165) is 0 Å². The molecule has 2 aromatic carbocycles. The maximum absolute atomic E-state index is 13.6. The molecule has 0 aliphatic carbocycles. The Balaban J connectivity index is 2.20. The van der Waals surface area contributed by atoms with Crippen molar-refractivity contribution in [2.45, 2.75) is 20.0 Å². The molecule has 1 N–H and O–H groups in total. The van der Waals surface area contributed by atoms with E-state index in [4.69, 9.17) is 4.74 Å². The Bertz CT molecular complexity index is 877. The average molecular weight is 389 g/mol. The van der Waals surface area contributed by atoms with Gasteiger partial charge in [0.05, 0.1) is 25.3 Å². The number of hydrogen-bond acceptors (Lipinski definition) is 6. The Morgan fingerprint density at radius 1 is 0.964 bits per heavy atom. The second-order valence-electron chi connectivity index (χ2n) is 5.94. The molecule has 28 heavy (non-hydrogen) atoms. The number of rotatable bonds is 6. The SMILES string of the molecule is COC(=O)c1cc(O[C@@H](C)C(=O)Nc2ccc(C)c(F)c2)cc(C(=O)OC)c1. The minimum Gasteiger partial charge on any atom is -0.481 e. The van der Waals surface area contributed by atoms with Gasteiger partial charge in [0.15, 0.2) is 6.10 Å². The van der Waals surface area contributed by atoms with Crippen LogP contribution in [0.4, 0.5) is 10.1 Å². The Hall–Kier alpha value is -3.42. The topological polar surface area (TPSA) is 90.9 Å². The molecule has 0 bridgehead atoms. The van der Waals surface area contributed by atoms with Gasteiger partial charge in [0.1, 0.15) is 11.6 Å². The number of benzene rings is 2. The van der Waals surface area contributed by atoms with E-state index in [9.17, 15) is 18.8 Å². The number of amides is 1. The van der Waals surface area contributed by atoms with Crippen LogP contribution in [-0.4, -0.2) is 38.2 Å². The predicted molar refractivity (Wildman–Crippen MR) is 99.0 cm³/mol. The molecule has 0 fully saturated rings. The molecule has 1 amide bonds. The van der Waals surface area contributed by atoms with Crippen LogP contribution in [-0.2, 0) is 14.3 Å². The minimum absolute atomic E-state index is 0.0635. The summed E-state index contributed by atoms with van der Waals surface area (Å²) in [5.74, 6) is -2.24. The van der Waals surface area contributed by atoms with Crippen molar-refractivity contribution in [2.24, 2.45) is 0 Å². The van der Waals surface area contributed by atoms with Crippen molar-refractivity contribution in [3.63, 3.8) is 0 Å². The summed E-state index contributed by atoms with van der Waals surface area (Å²) in [6, 6.07) is 8.29. The van der Waals surface area contributed by atoms with Gasteiger partial charge in [-0.3, -0.25) is 4.79 Å². The van der Waals surface area contributed by atoms with Crippen LogP contribution in [0.5, 0.6) is 5.75 Å². The zero-order chi connectivity index (χ0) is 20.8. The number of esters is 2. The second-order valence-corrected chi connectivity index (χ2v) is 5.94. The highest BCUT2D eigenvalue weighted by Gasteiger charge is 2.19. The highest BCUT2D eigenvalue weighted by molar-refractivity contribution is 5.96. The van der Waals surface area contributed by atoms with Gasteiger partial charge in [-0.1, -0.05) is 6.07 Å². The molecule has 148 valence electrons. The summed E-state index contributed by atoms with van der Waals surface area (Å²) in [7, 11) is 2.40. The zero-order valence-corrected chi connectivity index (χ0v) is 15.9. The van der Waals surface area contributed by atoms with Gasteiger partial charge >= 0.3 is 11.9 Å². The van der Waals surface area contributed by atoms with Crippen LogP contribution in [0.3, 0.4) is 0 Å². The number of carbonyl (C=O) groups excluding carboxylic acids is 3. The van der Waals surface area contributed by atoms with Crippen LogP contribution in [0.1, 0.15) is 33.2 Å². The van der Waals surface area contributed by atoms with E-state index in [1.165, 1.54) is 45.4 Å². The zero-order valence-electron chi connectivity index (χ0n) is 15.9. The van der Waals surface area contributed by atoms with Crippen molar-refractivity contribution >= 4 is 23.5 Å². The van der Waals surface area contributed by atoms with Crippen molar-refractivity contribution in [1.82, 2.24) is 0 Å². The van der Waals surface area contributed by atoms with Crippen LogP contribution in [0.15, 0.2) is 36.4 Å². The quantitative estimate of drug-likeness (QED) is 0.764. The molecule has 0 aliphatic heterocycles. The molecule has 0 aromatic heterocycles. The first-order chi connectivity index (χ1) is 13.2. The molecule has 0 saturated heterocycles. The van der Waals surface area contributed by atoms with Gasteiger partial charge in [-0.25, -0.2) is 14.0 Å². The normalized spacial score (nSPS) is 11.3. The van der Waals surface area contributed by atoms with Gasteiger partial charge in [-0.05, 0) is 49.7 Å². The fraction of sp³-hybridized carbons (Fsp3) is 0.250. The highest BCUT2D eigenvalue weighted by Crippen LogP contribution is 2.21. The molecule has 7 nitrogen and oxygen atoms in total. The fourth-order valence-electron chi connectivity index (χ4n) is 2.31. The van der Waals surface area contributed by atoms with Gasteiger partial charge in [0.2, 0.25) is 0 Å². The number of hydrogen-bond donors (Lipinski definition) is 1. The molecule has 0 unspecified atom stereocenters. The van der Waals surface area contributed by atoms with Gasteiger partial charge < -0.3 is 19.5 Å². The van der Waals surface area contributed by atoms with Gasteiger partial charge in [-0.15, -0.1) is 0 Å². The largest absolute Gasteiger partial charge is 0.481 e. The molecule has 0 radical (unpaired) electrons.